The van der Waals surface area contributed by atoms with Crippen LogP contribution < -0.4 is 18.9 Å². The second-order valence-electron chi connectivity index (χ2n) is 12.0. The predicted molar refractivity (Wildman–Crippen MR) is 188 cm³/mol. The Morgan fingerprint density at radius 1 is 0.681 bits per heavy atom. The molecule has 0 spiro atoms. The van der Waals surface area contributed by atoms with Crippen LogP contribution in [0, 0.1) is 0 Å². The zero-order valence-corrected chi connectivity index (χ0v) is 29.8. The molecule has 0 bridgehead atoms. The van der Waals surface area contributed by atoms with Crippen LogP contribution >= 0.6 is 34.5 Å². The summed E-state index contributed by atoms with van der Waals surface area (Å²) in [7, 11) is 10.6. The number of methoxy groups -OCH3 is 4. The Morgan fingerprint density at radius 2 is 1.17 bits per heavy atom. The minimum absolute atomic E-state index is 0.0345. The van der Waals surface area contributed by atoms with Crippen molar-refractivity contribution in [1.29, 1.82) is 0 Å². The van der Waals surface area contributed by atoms with E-state index in [-0.39, 0.29) is 11.8 Å². The molecule has 2 aliphatic heterocycles. The predicted octanol–water partition coefficient (Wildman–Crippen LogP) is 7.30. The summed E-state index contributed by atoms with van der Waals surface area (Å²) < 4.78 is 21.7. The Morgan fingerprint density at radius 3 is 1.62 bits per heavy atom. The molecule has 2 aliphatic rings. The number of likely N-dealkylation sites (N-methyl/N-ethyl adjacent to an activating group) is 2. The molecular formula is C36H42Cl2N2O6S. The number of benzene rings is 3. The Hall–Kier alpha value is -3.02. The van der Waals surface area contributed by atoms with E-state index in [4.69, 9.17) is 42.1 Å². The number of rotatable bonds is 8. The Bertz CT molecular complexity index is 1670. The van der Waals surface area contributed by atoms with Crippen LogP contribution in [-0.2, 0) is 13.1 Å². The van der Waals surface area contributed by atoms with Crippen LogP contribution in [0.25, 0.3) is 0 Å². The molecule has 8 nitrogen and oxygen atoms in total. The quantitative estimate of drug-likeness (QED) is 0.198. The van der Waals surface area contributed by atoms with Gasteiger partial charge in [0.05, 0.1) is 50.7 Å². The topological polar surface area (TPSA) is 83.9 Å². The van der Waals surface area contributed by atoms with Gasteiger partial charge < -0.3 is 39.0 Å². The minimum atomic E-state index is -0.700. The lowest BCUT2D eigenvalue weighted by atomic mass is 9.83. The molecular weight excluding hydrogens is 659 g/mol. The maximum Gasteiger partial charge on any atom is 0.161 e. The van der Waals surface area contributed by atoms with Crippen LogP contribution in [0.4, 0.5) is 0 Å². The lowest BCUT2D eigenvalue weighted by Crippen LogP contribution is -2.33. The Kier molecular flexibility index (Phi) is 11.6. The van der Waals surface area contributed by atoms with Crippen molar-refractivity contribution in [3.8, 4) is 23.0 Å². The zero-order valence-electron chi connectivity index (χ0n) is 27.5. The number of aliphatic hydroxyl groups excluding tert-OH is 2. The Balaban J connectivity index is 0.000000186. The molecule has 6 rings (SSSR count). The molecule has 2 N–H and O–H groups in total. The third-order valence-corrected chi connectivity index (χ3v) is 10.6. The van der Waals surface area contributed by atoms with Crippen LogP contribution in [0.5, 0.6) is 23.0 Å². The first-order valence-electron chi connectivity index (χ1n) is 15.3. The molecule has 0 fully saturated rings. The normalized spacial score (nSPS) is 19.0. The highest BCUT2D eigenvalue weighted by Crippen LogP contribution is 2.44. The number of aliphatic hydroxyl groups is 2. The Labute approximate surface area is 291 Å². The minimum Gasteiger partial charge on any atom is -0.493 e. The first-order chi connectivity index (χ1) is 22.6. The molecule has 0 saturated carbocycles. The van der Waals surface area contributed by atoms with Gasteiger partial charge in [0.1, 0.15) is 0 Å². The van der Waals surface area contributed by atoms with Gasteiger partial charge in [0, 0.05) is 42.9 Å². The summed E-state index contributed by atoms with van der Waals surface area (Å²) in [6.45, 7) is 3.19. The van der Waals surface area contributed by atoms with Crippen molar-refractivity contribution in [2.75, 3.05) is 55.6 Å². The van der Waals surface area contributed by atoms with Crippen molar-refractivity contribution in [3.63, 3.8) is 0 Å². The van der Waals surface area contributed by atoms with Crippen molar-refractivity contribution >= 4 is 34.5 Å². The molecule has 4 aromatic rings. The van der Waals surface area contributed by atoms with Gasteiger partial charge in [-0.25, -0.2) is 0 Å². The molecule has 0 aliphatic carbocycles. The molecule has 3 heterocycles. The second kappa shape index (κ2) is 15.5. The van der Waals surface area contributed by atoms with Gasteiger partial charge in [-0.05, 0) is 89.8 Å². The van der Waals surface area contributed by atoms with E-state index in [1.54, 1.807) is 51.9 Å². The summed E-state index contributed by atoms with van der Waals surface area (Å²) in [5.41, 5.74) is 5.27. The van der Waals surface area contributed by atoms with Gasteiger partial charge >= 0.3 is 0 Å². The summed E-state index contributed by atoms with van der Waals surface area (Å²) in [5.74, 6) is 2.74. The lowest BCUT2D eigenvalue weighted by Gasteiger charge is -2.35. The van der Waals surface area contributed by atoms with E-state index >= 15 is 0 Å². The number of hydrogen-bond donors (Lipinski definition) is 2. The average Bonchev–Trinajstić information content (AvgIpc) is 3.62. The molecule has 0 radical (unpaired) electrons. The van der Waals surface area contributed by atoms with Gasteiger partial charge in [-0.1, -0.05) is 35.3 Å². The monoisotopic (exact) mass is 700 g/mol. The fourth-order valence-electron chi connectivity index (χ4n) is 6.54. The highest BCUT2D eigenvalue weighted by Gasteiger charge is 2.33. The first kappa shape index (κ1) is 35.3. The van der Waals surface area contributed by atoms with Crippen molar-refractivity contribution in [2.24, 2.45) is 0 Å². The highest BCUT2D eigenvalue weighted by atomic mass is 35.5. The first-order valence-corrected chi connectivity index (χ1v) is 16.9. The number of hydrogen-bond acceptors (Lipinski definition) is 9. The van der Waals surface area contributed by atoms with E-state index < -0.39 is 12.2 Å². The van der Waals surface area contributed by atoms with Crippen LogP contribution in [0.1, 0.15) is 56.7 Å². The van der Waals surface area contributed by atoms with Crippen molar-refractivity contribution in [1.82, 2.24) is 9.80 Å². The van der Waals surface area contributed by atoms with Gasteiger partial charge in [0.25, 0.3) is 0 Å². The number of nitrogens with zero attached hydrogens (tertiary/aromatic N) is 2. The largest absolute Gasteiger partial charge is 0.493 e. The highest BCUT2D eigenvalue weighted by molar-refractivity contribution is 7.10. The van der Waals surface area contributed by atoms with Crippen LogP contribution in [0.3, 0.4) is 0 Å². The fourth-order valence-corrected chi connectivity index (χ4v) is 7.62. The second-order valence-corrected chi connectivity index (χ2v) is 13.8. The van der Waals surface area contributed by atoms with E-state index in [1.807, 2.05) is 54.9 Å². The average molecular weight is 702 g/mol. The van der Waals surface area contributed by atoms with Crippen LogP contribution in [0.2, 0.25) is 10.0 Å². The zero-order chi connectivity index (χ0) is 33.8. The molecule has 0 amide bonds. The smallest absolute Gasteiger partial charge is 0.161 e. The molecule has 3 aromatic carbocycles. The third kappa shape index (κ3) is 7.67. The number of halogens is 2. The summed E-state index contributed by atoms with van der Waals surface area (Å²) in [6, 6.07) is 17.2. The summed E-state index contributed by atoms with van der Waals surface area (Å²) in [6.07, 6.45) is -1.20. The number of ether oxygens (including phenoxy) is 4. The van der Waals surface area contributed by atoms with Gasteiger partial charge in [-0.3, -0.25) is 0 Å². The molecule has 252 valence electrons. The SMILES string of the molecule is COc1cc2c(cc1OC)C(C(O)c1ccc(Cl)c(Cl)c1)CN(C)C2.COc1cc2c(cc1OC)C(C(O)c1cccs1)CN(C)C2. The van der Waals surface area contributed by atoms with Crippen molar-refractivity contribution < 1.29 is 29.2 Å². The van der Waals surface area contributed by atoms with E-state index in [0.29, 0.717) is 27.3 Å². The molecule has 4 unspecified atom stereocenters. The van der Waals surface area contributed by atoms with Crippen LogP contribution in [-0.4, -0.2) is 75.6 Å². The van der Waals surface area contributed by atoms with Crippen LogP contribution in [0.15, 0.2) is 60.0 Å². The molecule has 47 heavy (non-hydrogen) atoms. The van der Waals surface area contributed by atoms with Gasteiger partial charge in [-0.15, -0.1) is 11.3 Å². The van der Waals surface area contributed by atoms with Crippen molar-refractivity contribution in [3.05, 3.63) is 103 Å². The maximum absolute atomic E-state index is 11.0. The fraction of sp³-hybridized carbons (Fsp3) is 0.389. The lowest BCUT2D eigenvalue weighted by molar-refractivity contribution is 0.113. The molecule has 1 aromatic heterocycles. The summed E-state index contributed by atoms with van der Waals surface area (Å²) in [5, 5.41) is 24.7. The van der Waals surface area contributed by atoms with E-state index in [1.165, 1.54) is 5.56 Å². The number of thiophene rings is 1. The molecule has 4 atom stereocenters. The third-order valence-electron chi connectivity index (χ3n) is 8.87. The van der Waals surface area contributed by atoms with E-state index in [2.05, 4.69) is 16.8 Å². The van der Waals surface area contributed by atoms with Gasteiger partial charge in [-0.2, -0.15) is 0 Å². The summed E-state index contributed by atoms with van der Waals surface area (Å²) in [4.78, 5) is 5.41. The summed E-state index contributed by atoms with van der Waals surface area (Å²) >= 11 is 13.7. The molecule has 11 heteroatoms. The van der Waals surface area contributed by atoms with Gasteiger partial charge in [0.2, 0.25) is 0 Å². The van der Waals surface area contributed by atoms with E-state index in [0.717, 1.165) is 59.1 Å². The standard InChI is InChI=1S/C19H21Cl2NO3.C17H21NO3S/c1-22-9-12-7-17(24-2)18(25-3)8-13(12)14(10-22)19(23)11-4-5-15(20)16(21)6-11;1-18-9-11-7-14(20-2)15(21-3)8-12(11)13(10-18)17(19)16-5-4-6-22-16/h4-8,14,19,23H,9-10H2,1-3H3;4-8,13,17,19H,9-10H2,1-3H3. The maximum atomic E-state index is 11.0. The molecule has 0 saturated heterocycles. The number of fused-ring (bicyclic) bond motifs is 2. The van der Waals surface area contributed by atoms with Gasteiger partial charge in [0.15, 0.2) is 23.0 Å². The van der Waals surface area contributed by atoms with E-state index in [9.17, 15) is 10.2 Å². The van der Waals surface area contributed by atoms with Crippen molar-refractivity contribution in [2.45, 2.75) is 37.1 Å².